The molecule has 19 heavy (non-hydrogen) atoms. The molecule has 4 nitrogen and oxygen atoms in total. The minimum atomic E-state index is -0.0186. The molecule has 1 saturated heterocycles. The first-order valence-electron chi connectivity index (χ1n) is 6.58. The van der Waals surface area contributed by atoms with E-state index in [2.05, 4.69) is 5.32 Å². The maximum absolute atomic E-state index is 11.8. The SMILES string of the molecule is CCNC(=O)N1CCOC(Cc2ccccc2Cl)C1. The summed E-state index contributed by atoms with van der Waals surface area (Å²) in [5.41, 5.74) is 1.06. The smallest absolute Gasteiger partial charge is 0.317 e. The lowest BCUT2D eigenvalue weighted by atomic mass is 10.1. The van der Waals surface area contributed by atoms with Gasteiger partial charge in [0.15, 0.2) is 0 Å². The van der Waals surface area contributed by atoms with E-state index < -0.39 is 0 Å². The van der Waals surface area contributed by atoms with Crippen molar-refractivity contribution in [3.05, 3.63) is 34.9 Å². The van der Waals surface area contributed by atoms with Gasteiger partial charge in [-0.2, -0.15) is 0 Å². The first-order chi connectivity index (χ1) is 9.20. The van der Waals surface area contributed by atoms with Crippen molar-refractivity contribution >= 4 is 17.6 Å². The number of urea groups is 1. The number of carbonyl (C=O) groups is 1. The zero-order chi connectivity index (χ0) is 13.7. The third kappa shape index (κ3) is 3.85. The van der Waals surface area contributed by atoms with Crippen LogP contribution in [0.25, 0.3) is 0 Å². The Kier molecular flexibility index (Phi) is 5.05. The van der Waals surface area contributed by atoms with Crippen LogP contribution in [-0.2, 0) is 11.2 Å². The van der Waals surface area contributed by atoms with E-state index in [4.69, 9.17) is 16.3 Å². The Morgan fingerprint density at radius 1 is 1.53 bits per heavy atom. The van der Waals surface area contributed by atoms with Gasteiger partial charge in [0, 0.05) is 31.1 Å². The lowest BCUT2D eigenvalue weighted by Gasteiger charge is -2.33. The van der Waals surface area contributed by atoms with Gasteiger partial charge < -0.3 is 15.0 Å². The van der Waals surface area contributed by atoms with Crippen LogP contribution in [0, 0.1) is 0 Å². The Bertz CT molecular complexity index is 439. The third-order valence-electron chi connectivity index (χ3n) is 3.16. The fraction of sp³-hybridized carbons (Fsp3) is 0.500. The van der Waals surface area contributed by atoms with Gasteiger partial charge in [-0.05, 0) is 18.6 Å². The molecule has 0 bridgehead atoms. The fourth-order valence-electron chi connectivity index (χ4n) is 2.20. The van der Waals surface area contributed by atoms with Crippen LogP contribution in [0.5, 0.6) is 0 Å². The number of amides is 2. The van der Waals surface area contributed by atoms with E-state index in [0.717, 1.165) is 17.0 Å². The Morgan fingerprint density at radius 2 is 2.32 bits per heavy atom. The van der Waals surface area contributed by atoms with E-state index in [9.17, 15) is 4.79 Å². The number of rotatable bonds is 3. The average molecular weight is 283 g/mol. The molecule has 5 heteroatoms. The van der Waals surface area contributed by atoms with Gasteiger partial charge in [0.1, 0.15) is 0 Å². The number of hydrogen-bond donors (Lipinski definition) is 1. The molecular formula is C14H19ClN2O2. The average Bonchev–Trinajstić information content (AvgIpc) is 2.42. The van der Waals surface area contributed by atoms with Crippen LogP contribution < -0.4 is 5.32 Å². The van der Waals surface area contributed by atoms with Crippen LogP contribution in [-0.4, -0.2) is 43.3 Å². The summed E-state index contributed by atoms with van der Waals surface area (Å²) in [4.78, 5) is 13.6. The molecule has 0 spiro atoms. The van der Waals surface area contributed by atoms with Gasteiger partial charge in [-0.15, -0.1) is 0 Å². The molecule has 0 aliphatic carbocycles. The minimum absolute atomic E-state index is 0.0104. The lowest BCUT2D eigenvalue weighted by Crippen LogP contribution is -2.50. The van der Waals surface area contributed by atoms with Crippen molar-refractivity contribution in [3.63, 3.8) is 0 Å². The summed E-state index contributed by atoms with van der Waals surface area (Å²) in [5.74, 6) is 0. The van der Waals surface area contributed by atoms with Gasteiger partial charge in [-0.25, -0.2) is 4.79 Å². The summed E-state index contributed by atoms with van der Waals surface area (Å²) < 4.78 is 5.72. The molecule has 1 aromatic carbocycles. The van der Waals surface area contributed by atoms with Gasteiger partial charge >= 0.3 is 6.03 Å². The molecule has 1 fully saturated rings. The maximum Gasteiger partial charge on any atom is 0.317 e. The number of benzene rings is 1. The number of ether oxygens (including phenoxy) is 1. The number of carbonyl (C=O) groups excluding carboxylic acids is 1. The number of nitrogens with zero attached hydrogens (tertiary/aromatic N) is 1. The van der Waals surface area contributed by atoms with Gasteiger partial charge in [0.2, 0.25) is 0 Å². The molecule has 2 rings (SSSR count). The molecule has 0 radical (unpaired) electrons. The largest absolute Gasteiger partial charge is 0.374 e. The summed E-state index contributed by atoms with van der Waals surface area (Å²) in [6, 6.07) is 7.73. The molecule has 0 aromatic heterocycles. The van der Waals surface area contributed by atoms with Crippen molar-refractivity contribution in [3.8, 4) is 0 Å². The Hall–Kier alpha value is -1.26. The normalized spacial score (nSPS) is 19.3. The molecule has 1 aromatic rings. The van der Waals surface area contributed by atoms with Crippen molar-refractivity contribution in [1.82, 2.24) is 10.2 Å². The van der Waals surface area contributed by atoms with Crippen molar-refractivity contribution < 1.29 is 9.53 Å². The molecular weight excluding hydrogens is 264 g/mol. The van der Waals surface area contributed by atoms with E-state index in [0.29, 0.717) is 26.2 Å². The first kappa shape index (κ1) is 14.2. The maximum atomic E-state index is 11.8. The highest BCUT2D eigenvalue weighted by atomic mass is 35.5. The molecule has 1 heterocycles. The predicted molar refractivity (Wildman–Crippen MR) is 75.5 cm³/mol. The lowest BCUT2D eigenvalue weighted by molar-refractivity contribution is -0.0132. The summed E-state index contributed by atoms with van der Waals surface area (Å²) in [6.07, 6.45) is 0.742. The van der Waals surface area contributed by atoms with Crippen molar-refractivity contribution in [2.45, 2.75) is 19.4 Å². The standard InChI is InChI=1S/C14H19ClN2O2/c1-2-16-14(18)17-7-8-19-12(10-17)9-11-5-3-4-6-13(11)15/h3-6,12H,2,7-10H2,1H3,(H,16,18). The molecule has 104 valence electrons. The molecule has 2 amide bonds. The highest BCUT2D eigenvalue weighted by Gasteiger charge is 2.24. The molecule has 1 aliphatic rings. The Balaban J connectivity index is 1.94. The van der Waals surface area contributed by atoms with Crippen LogP contribution in [0.2, 0.25) is 5.02 Å². The summed E-state index contributed by atoms with van der Waals surface area (Å²) >= 11 is 6.14. The van der Waals surface area contributed by atoms with Crippen LogP contribution in [0.1, 0.15) is 12.5 Å². The zero-order valence-corrected chi connectivity index (χ0v) is 11.8. The summed E-state index contributed by atoms with van der Waals surface area (Å²) in [5, 5.41) is 3.57. The molecule has 1 unspecified atom stereocenters. The summed E-state index contributed by atoms with van der Waals surface area (Å²) in [7, 11) is 0. The van der Waals surface area contributed by atoms with Gasteiger partial charge in [0.25, 0.3) is 0 Å². The summed E-state index contributed by atoms with van der Waals surface area (Å²) in [6.45, 7) is 4.39. The zero-order valence-electron chi connectivity index (χ0n) is 11.1. The third-order valence-corrected chi connectivity index (χ3v) is 3.53. The molecule has 1 aliphatic heterocycles. The Morgan fingerprint density at radius 3 is 3.05 bits per heavy atom. The monoisotopic (exact) mass is 282 g/mol. The highest BCUT2D eigenvalue weighted by Crippen LogP contribution is 2.19. The molecule has 1 atom stereocenters. The first-order valence-corrected chi connectivity index (χ1v) is 6.96. The fourth-order valence-corrected chi connectivity index (χ4v) is 2.41. The van der Waals surface area contributed by atoms with Crippen molar-refractivity contribution in [2.24, 2.45) is 0 Å². The van der Waals surface area contributed by atoms with E-state index in [1.54, 1.807) is 4.90 Å². The second-order valence-corrected chi connectivity index (χ2v) is 4.98. The number of halogens is 1. The van der Waals surface area contributed by atoms with E-state index >= 15 is 0 Å². The van der Waals surface area contributed by atoms with Crippen LogP contribution >= 0.6 is 11.6 Å². The minimum Gasteiger partial charge on any atom is -0.374 e. The second-order valence-electron chi connectivity index (χ2n) is 4.57. The number of morpholine rings is 1. The predicted octanol–water partition coefficient (Wildman–Crippen LogP) is 2.31. The van der Waals surface area contributed by atoms with Crippen LogP contribution in [0.4, 0.5) is 4.79 Å². The van der Waals surface area contributed by atoms with E-state index in [1.807, 2.05) is 31.2 Å². The quantitative estimate of drug-likeness (QED) is 0.924. The van der Waals surface area contributed by atoms with E-state index in [-0.39, 0.29) is 12.1 Å². The number of nitrogens with one attached hydrogen (secondary N) is 1. The van der Waals surface area contributed by atoms with Gasteiger partial charge in [-0.1, -0.05) is 29.8 Å². The van der Waals surface area contributed by atoms with Gasteiger partial charge in [-0.3, -0.25) is 0 Å². The Labute approximate surface area is 118 Å². The topological polar surface area (TPSA) is 41.6 Å². The highest BCUT2D eigenvalue weighted by molar-refractivity contribution is 6.31. The van der Waals surface area contributed by atoms with E-state index in [1.165, 1.54) is 0 Å². The van der Waals surface area contributed by atoms with Crippen LogP contribution in [0.15, 0.2) is 24.3 Å². The number of hydrogen-bond acceptors (Lipinski definition) is 2. The second kappa shape index (κ2) is 6.78. The van der Waals surface area contributed by atoms with Gasteiger partial charge in [0.05, 0.1) is 12.7 Å². The van der Waals surface area contributed by atoms with Crippen molar-refractivity contribution in [2.75, 3.05) is 26.2 Å². The van der Waals surface area contributed by atoms with Crippen molar-refractivity contribution in [1.29, 1.82) is 0 Å². The molecule has 1 N–H and O–H groups in total. The molecule has 0 saturated carbocycles. The van der Waals surface area contributed by atoms with Crippen LogP contribution in [0.3, 0.4) is 0 Å².